The second-order valence-electron chi connectivity index (χ2n) is 6.88. The van der Waals surface area contributed by atoms with Crippen LogP contribution in [0, 0.1) is 5.82 Å². The number of fused-ring (bicyclic) bond motifs is 1. The molecular weight excluding hydrogens is 395 g/mol. The maximum Gasteiger partial charge on any atom is 0.333 e. The lowest BCUT2D eigenvalue weighted by molar-refractivity contribution is -0.519. The summed E-state index contributed by atoms with van der Waals surface area (Å²) in [6, 6.07) is 6.13. The fourth-order valence-corrected chi connectivity index (χ4v) is 3.23. The van der Waals surface area contributed by atoms with Crippen LogP contribution in [-0.4, -0.2) is 76.2 Å². The second-order valence-corrected chi connectivity index (χ2v) is 6.88. The third kappa shape index (κ3) is 3.45. The predicted molar refractivity (Wildman–Crippen MR) is 102 cm³/mol. The normalized spacial score (nSPS) is 18.3. The smallest absolute Gasteiger partial charge is 0.333 e. The molecule has 0 aliphatic carbocycles. The Bertz CT molecular complexity index is 1090. The summed E-state index contributed by atoms with van der Waals surface area (Å²) in [6.07, 6.45) is 1.38. The Kier molecular flexibility index (Phi) is 4.86. The monoisotopic (exact) mass is 413 g/mol. The number of amidine groups is 1. The molecule has 2 aromatic rings. The van der Waals surface area contributed by atoms with Gasteiger partial charge in [0.15, 0.2) is 12.3 Å². The summed E-state index contributed by atoms with van der Waals surface area (Å²) in [4.78, 5) is 43.2. The number of halogens is 1. The van der Waals surface area contributed by atoms with E-state index in [0.717, 1.165) is 4.90 Å². The zero-order valence-electron chi connectivity index (χ0n) is 16.2. The van der Waals surface area contributed by atoms with Crippen LogP contribution in [-0.2, 0) is 16.1 Å². The fourth-order valence-electron chi connectivity index (χ4n) is 3.23. The van der Waals surface area contributed by atoms with E-state index in [1.807, 2.05) is 0 Å². The van der Waals surface area contributed by atoms with E-state index >= 15 is 0 Å². The number of amides is 4. The molecular formula is C19H18FN6O4+. The number of rotatable bonds is 5. The molecule has 1 aromatic carbocycles. The van der Waals surface area contributed by atoms with Crippen LogP contribution in [0.25, 0.3) is 11.3 Å². The van der Waals surface area contributed by atoms with Crippen LogP contribution < -0.4 is 5.32 Å². The lowest BCUT2D eigenvalue weighted by Gasteiger charge is -2.30. The molecule has 4 rings (SSSR count). The molecule has 11 heteroatoms. The lowest BCUT2D eigenvalue weighted by Crippen LogP contribution is -2.62. The van der Waals surface area contributed by atoms with Crippen LogP contribution in [0.4, 0.5) is 9.18 Å². The Labute approximate surface area is 170 Å². The van der Waals surface area contributed by atoms with Crippen molar-refractivity contribution in [2.75, 3.05) is 20.6 Å². The molecule has 4 amide bonds. The topological polar surface area (TPSA) is 111 Å². The molecule has 30 heavy (non-hydrogen) atoms. The van der Waals surface area contributed by atoms with Crippen molar-refractivity contribution in [1.29, 1.82) is 0 Å². The summed E-state index contributed by atoms with van der Waals surface area (Å²) in [5.74, 6) is -0.414. The lowest BCUT2D eigenvalue weighted by atomic mass is 10.1. The fraction of sp³-hybridized carbons (Fsp3) is 0.263. The first-order valence-corrected chi connectivity index (χ1v) is 9.05. The number of aromatic nitrogens is 1. The third-order valence-corrected chi connectivity index (χ3v) is 4.88. The Morgan fingerprint density at radius 3 is 2.70 bits per heavy atom. The maximum absolute atomic E-state index is 13.0. The molecule has 0 saturated carbocycles. The van der Waals surface area contributed by atoms with Crippen LogP contribution in [0.5, 0.6) is 0 Å². The first kappa shape index (κ1) is 19.4. The van der Waals surface area contributed by atoms with Crippen molar-refractivity contribution in [3.05, 3.63) is 41.8 Å². The molecule has 1 N–H and O–H groups in total. The van der Waals surface area contributed by atoms with Crippen molar-refractivity contribution in [2.24, 2.45) is 4.99 Å². The van der Waals surface area contributed by atoms with E-state index < -0.39 is 18.0 Å². The standard InChI is InChI=1S/C19H17FN6O4/c1-24-17-16(18(28)25(2)19(24)29)26(10-22-17)9-15(27)21-8-13-7-14(30-23-13)11-3-5-12(20)6-4-11/h3-7,10,16H,8-9H2,1-2H3/p+1. The number of aliphatic imine (C=N–C) groups is 1. The van der Waals surface area contributed by atoms with E-state index in [2.05, 4.69) is 15.5 Å². The van der Waals surface area contributed by atoms with Crippen LogP contribution in [0.1, 0.15) is 5.69 Å². The number of carbonyl (C=O) groups excluding carboxylic acids is 3. The summed E-state index contributed by atoms with van der Waals surface area (Å²) in [7, 11) is 2.91. The van der Waals surface area contributed by atoms with Gasteiger partial charge in [0.05, 0.1) is 6.54 Å². The Balaban J connectivity index is 1.35. The number of likely N-dealkylation sites (N-methyl/N-ethyl adjacent to an activating group) is 2. The van der Waals surface area contributed by atoms with Gasteiger partial charge in [0.25, 0.3) is 30.0 Å². The molecule has 154 valence electrons. The molecule has 2 aliphatic heterocycles. The van der Waals surface area contributed by atoms with Gasteiger partial charge in [0.1, 0.15) is 11.5 Å². The number of carbonyl (C=O) groups is 3. The average molecular weight is 413 g/mol. The van der Waals surface area contributed by atoms with Gasteiger partial charge in [-0.1, -0.05) is 5.16 Å². The molecule has 1 aromatic heterocycles. The number of hydrogen-bond acceptors (Lipinski definition) is 6. The van der Waals surface area contributed by atoms with Gasteiger partial charge in [-0.05, 0) is 29.3 Å². The molecule has 3 heterocycles. The van der Waals surface area contributed by atoms with Crippen molar-refractivity contribution < 1.29 is 27.9 Å². The zero-order valence-corrected chi connectivity index (χ0v) is 16.2. The van der Waals surface area contributed by atoms with Crippen LogP contribution >= 0.6 is 0 Å². The van der Waals surface area contributed by atoms with Gasteiger partial charge in [-0.3, -0.25) is 19.4 Å². The molecule has 0 bridgehead atoms. The van der Waals surface area contributed by atoms with Crippen molar-refractivity contribution in [1.82, 2.24) is 20.3 Å². The van der Waals surface area contributed by atoms with E-state index in [0.29, 0.717) is 17.0 Å². The SMILES string of the molecule is CN1C(=O)C2C(=NC=[N+]2CC(=O)NCc2cc(-c3ccc(F)cc3)on2)N(C)C1=O. The van der Waals surface area contributed by atoms with Crippen molar-refractivity contribution >= 4 is 30.0 Å². The van der Waals surface area contributed by atoms with Gasteiger partial charge in [0, 0.05) is 25.7 Å². The highest BCUT2D eigenvalue weighted by molar-refractivity contribution is 6.21. The predicted octanol–water partition coefficient (Wildman–Crippen LogP) is 0.442. The quantitative estimate of drug-likeness (QED) is 0.716. The Hall–Kier alpha value is -3.89. The van der Waals surface area contributed by atoms with Crippen molar-refractivity contribution in [2.45, 2.75) is 12.6 Å². The second kappa shape index (κ2) is 7.50. The van der Waals surface area contributed by atoms with E-state index in [9.17, 15) is 18.8 Å². The minimum Gasteiger partial charge on any atom is -0.356 e. The largest absolute Gasteiger partial charge is 0.356 e. The highest BCUT2D eigenvalue weighted by Crippen LogP contribution is 2.20. The number of urea groups is 1. The molecule has 1 unspecified atom stereocenters. The number of imide groups is 1. The number of nitrogens with one attached hydrogen (secondary N) is 1. The Morgan fingerprint density at radius 2 is 1.97 bits per heavy atom. The number of nitrogens with zero attached hydrogens (tertiary/aromatic N) is 5. The summed E-state index contributed by atoms with van der Waals surface area (Å²) in [6.45, 7) is -0.00999. The van der Waals surface area contributed by atoms with Gasteiger partial charge in [-0.2, -0.15) is 0 Å². The van der Waals surface area contributed by atoms with E-state index in [1.165, 1.54) is 42.0 Å². The molecule has 1 atom stereocenters. The van der Waals surface area contributed by atoms with Crippen molar-refractivity contribution in [3.8, 4) is 11.3 Å². The number of benzene rings is 1. The van der Waals surface area contributed by atoms with Crippen LogP contribution in [0.15, 0.2) is 39.8 Å². The minimum atomic E-state index is -0.819. The van der Waals surface area contributed by atoms with Gasteiger partial charge < -0.3 is 9.84 Å². The van der Waals surface area contributed by atoms with E-state index in [-0.39, 0.29) is 30.6 Å². The maximum atomic E-state index is 13.0. The first-order valence-electron chi connectivity index (χ1n) is 9.05. The first-order chi connectivity index (χ1) is 14.3. The summed E-state index contributed by atoms with van der Waals surface area (Å²) in [5, 5.41) is 6.59. The highest BCUT2D eigenvalue weighted by atomic mass is 19.1. The molecule has 1 fully saturated rings. The minimum absolute atomic E-state index is 0.113. The van der Waals surface area contributed by atoms with E-state index in [4.69, 9.17) is 4.52 Å². The van der Waals surface area contributed by atoms with Crippen molar-refractivity contribution in [3.63, 3.8) is 0 Å². The third-order valence-electron chi connectivity index (χ3n) is 4.88. The molecule has 0 radical (unpaired) electrons. The summed E-state index contributed by atoms with van der Waals surface area (Å²) in [5.41, 5.74) is 1.15. The van der Waals surface area contributed by atoms with Crippen LogP contribution in [0.3, 0.4) is 0 Å². The number of hydrogen-bond donors (Lipinski definition) is 1. The average Bonchev–Trinajstić information content (AvgIpc) is 3.37. The molecule has 2 aliphatic rings. The zero-order chi connectivity index (χ0) is 21.4. The molecule has 0 spiro atoms. The van der Waals surface area contributed by atoms with Gasteiger partial charge >= 0.3 is 6.03 Å². The van der Waals surface area contributed by atoms with Gasteiger partial charge in [-0.15, -0.1) is 0 Å². The molecule has 10 nitrogen and oxygen atoms in total. The summed E-state index contributed by atoms with van der Waals surface area (Å²) >= 11 is 0. The Morgan fingerprint density at radius 1 is 1.23 bits per heavy atom. The van der Waals surface area contributed by atoms with Gasteiger partial charge in [-0.25, -0.2) is 13.8 Å². The summed E-state index contributed by atoms with van der Waals surface area (Å²) < 4.78 is 19.7. The molecule has 1 saturated heterocycles. The van der Waals surface area contributed by atoms with E-state index in [1.54, 1.807) is 18.2 Å². The van der Waals surface area contributed by atoms with Gasteiger partial charge in [0.2, 0.25) is 0 Å². The van der Waals surface area contributed by atoms with Crippen LogP contribution in [0.2, 0.25) is 0 Å². The highest BCUT2D eigenvalue weighted by Gasteiger charge is 2.50.